The molecule has 0 aromatic heterocycles. The van der Waals surface area contributed by atoms with Gasteiger partial charge in [-0.3, -0.25) is 0 Å². The van der Waals surface area contributed by atoms with Gasteiger partial charge in [-0.25, -0.2) is 4.79 Å². The molecule has 0 atom stereocenters. The van der Waals surface area contributed by atoms with Crippen LogP contribution in [0.5, 0.6) is 0 Å². The van der Waals surface area contributed by atoms with Crippen LogP contribution in [-0.2, 0) is 0 Å². The van der Waals surface area contributed by atoms with E-state index in [9.17, 15) is 4.79 Å². The molecule has 0 radical (unpaired) electrons. The molecule has 0 saturated carbocycles. The lowest BCUT2D eigenvalue weighted by Gasteiger charge is -1.97. The highest BCUT2D eigenvalue weighted by Crippen LogP contribution is 1.77. The maximum atomic E-state index is 9.81. The number of carboxylic acid groups (broad SMARTS) is 1. The fraction of sp³-hybridized carbons (Fsp3) is 0.600. The molecule has 0 fully saturated rings. The monoisotopic (exact) mass is 130 g/mol. The maximum Gasteiger partial charge on any atom is 0.404 e. The first-order valence-corrected chi connectivity index (χ1v) is 2.70. The van der Waals surface area contributed by atoms with Gasteiger partial charge in [-0.15, -0.1) is 0 Å². The number of nitrogens with one attached hydrogen (secondary N) is 2. The molecule has 0 aromatic carbocycles. The summed E-state index contributed by atoms with van der Waals surface area (Å²) in [6.45, 7) is 1.96. The van der Waals surface area contributed by atoms with Crippen LogP contribution in [0, 0.1) is 5.41 Å². The third kappa shape index (κ3) is 4.80. The van der Waals surface area contributed by atoms with E-state index in [0.29, 0.717) is 12.1 Å². The first-order valence-electron chi connectivity index (χ1n) is 2.70. The molecule has 0 bridgehead atoms. The van der Waals surface area contributed by atoms with Crippen LogP contribution in [0.1, 0.15) is 13.3 Å². The Morgan fingerprint density at radius 2 is 2.33 bits per heavy atom. The Bertz CT molecular complexity index is 122. The normalized spacial score (nSPS) is 8.56. The van der Waals surface area contributed by atoms with Crippen molar-refractivity contribution < 1.29 is 9.90 Å². The molecule has 0 rings (SSSR count). The molecule has 0 aliphatic heterocycles. The minimum atomic E-state index is -1.08. The van der Waals surface area contributed by atoms with E-state index in [4.69, 9.17) is 10.5 Å². The van der Waals surface area contributed by atoms with E-state index in [1.807, 2.05) is 6.92 Å². The summed E-state index contributed by atoms with van der Waals surface area (Å²) in [7, 11) is 0. The van der Waals surface area contributed by atoms with Crippen LogP contribution in [0.2, 0.25) is 0 Å². The Hall–Kier alpha value is -1.06. The van der Waals surface area contributed by atoms with Crippen molar-refractivity contribution in [1.82, 2.24) is 5.32 Å². The van der Waals surface area contributed by atoms with Crippen molar-refractivity contribution in [2.45, 2.75) is 13.3 Å². The maximum absolute atomic E-state index is 9.81. The summed E-state index contributed by atoms with van der Waals surface area (Å²) in [5.41, 5.74) is 0.400. The van der Waals surface area contributed by atoms with Crippen LogP contribution in [0.15, 0.2) is 0 Å². The second-order valence-corrected chi connectivity index (χ2v) is 1.62. The van der Waals surface area contributed by atoms with Crippen molar-refractivity contribution in [3.8, 4) is 0 Å². The van der Waals surface area contributed by atoms with Crippen molar-refractivity contribution >= 4 is 11.8 Å². The third-order valence-corrected chi connectivity index (χ3v) is 0.880. The van der Waals surface area contributed by atoms with Crippen LogP contribution in [0.4, 0.5) is 4.79 Å². The molecule has 52 valence electrons. The predicted molar refractivity (Wildman–Crippen MR) is 34.0 cm³/mol. The van der Waals surface area contributed by atoms with Crippen molar-refractivity contribution in [2.75, 3.05) is 6.54 Å². The molecule has 0 aliphatic carbocycles. The van der Waals surface area contributed by atoms with E-state index in [0.717, 1.165) is 0 Å². The molecule has 4 nitrogen and oxygen atoms in total. The van der Waals surface area contributed by atoms with Gasteiger partial charge < -0.3 is 15.8 Å². The molecule has 0 unspecified atom stereocenters. The van der Waals surface area contributed by atoms with Gasteiger partial charge in [0, 0.05) is 5.71 Å². The first kappa shape index (κ1) is 7.94. The van der Waals surface area contributed by atoms with Gasteiger partial charge in [0.15, 0.2) is 0 Å². The highest BCUT2D eigenvalue weighted by atomic mass is 16.4. The first-order chi connectivity index (χ1) is 4.16. The zero-order valence-electron chi connectivity index (χ0n) is 5.27. The molecule has 1 amide bonds. The Labute approximate surface area is 53.4 Å². The largest absolute Gasteiger partial charge is 0.465 e. The van der Waals surface area contributed by atoms with Crippen LogP contribution in [-0.4, -0.2) is 23.5 Å². The minimum Gasteiger partial charge on any atom is -0.465 e. The molecule has 4 heteroatoms. The van der Waals surface area contributed by atoms with Gasteiger partial charge in [0.2, 0.25) is 0 Å². The van der Waals surface area contributed by atoms with Crippen molar-refractivity contribution in [3.63, 3.8) is 0 Å². The standard InChI is InChI=1S/C5H10N2O2/c1-2-4(6)3-7-5(8)9/h6-7H,2-3H2,1H3,(H,8,9). The zero-order valence-corrected chi connectivity index (χ0v) is 5.27. The minimum absolute atomic E-state index is 0.145. The Morgan fingerprint density at radius 1 is 1.78 bits per heavy atom. The smallest absolute Gasteiger partial charge is 0.404 e. The molecule has 0 saturated heterocycles. The lowest BCUT2D eigenvalue weighted by Crippen LogP contribution is -2.26. The fourth-order valence-electron chi connectivity index (χ4n) is 0.307. The van der Waals surface area contributed by atoms with Gasteiger partial charge in [0.05, 0.1) is 6.54 Å². The molecule has 0 aliphatic rings. The number of rotatable bonds is 3. The fourth-order valence-corrected chi connectivity index (χ4v) is 0.307. The van der Waals surface area contributed by atoms with Crippen molar-refractivity contribution in [2.24, 2.45) is 0 Å². The van der Waals surface area contributed by atoms with Crippen molar-refractivity contribution in [1.29, 1.82) is 5.41 Å². The predicted octanol–water partition coefficient (Wildman–Crippen LogP) is 0.684. The van der Waals surface area contributed by atoms with E-state index in [-0.39, 0.29) is 6.54 Å². The molecule has 0 heterocycles. The molecule has 9 heavy (non-hydrogen) atoms. The topological polar surface area (TPSA) is 73.2 Å². The van der Waals surface area contributed by atoms with E-state index in [2.05, 4.69) is 5.32 Å². The van der Waals surface area contributed by atoms with Gasteiger partial charge >= 0.3 is 6.09 Å². The van der Waals surface area contributed by atoms with Gasteiger partial charge in [-0.05, 0) is 6.42 Å². The highest BCUT2D eigenvalue weighted by Gasteiger charge is 1.94. The zero-order chi connectivity index (χ0) is 7.28. The van der Waals surface area contributed by atoms with Crippen LogP contribution >= 0.6 is 0 Å². The van der Waals surface area contributed by atoms with Crippen LogP contribution < -0.4 is 5.32 Å². The summed E-state index contributed by atoms with van der Waals surface area (Å²) < 4.78 is 0. The van der Waals surface area contributed by atoms with E-state index >= 15 is 0 Å². The summed E-state index contributed by atoms with van der Waals surface area (Å²) in [5, 5.41) is 17.1. The number of hydrogen-bond acceptors (Lipinski definition) is 2. The lowest BCUT2D eigenvalue weighted by atomic mass is 10.3. The van der Waals surface area contributed by atoms with E-state index in [1.54, 1.807) is 0 Å². The second kappa shape index (κ2) is 3.88. The summed E-state index contributed by atoms with van der Waals surface area (Å²) >= 11 is 0. The van der Waals surface area contributed by atoms with Crippen LogP contribution in [0.25, 0.3) is 0 Å². The van der Waals surface area contributed by atoms with E-state index < -0.39 is 6.09 Å². The Morgan fingerprint density at radius 3 is 2.67 bits per heavy atom. The number of carbonyl (C=O) groups is 1. The Balaban J connectivity index is 3.28. The molecule has 0 spiro atoms. The second-order valence-electron chi connectivity index (χ2n) is 1.62. The van der Waals surface area contributed by atoms with Gasteiger partial charge in [-0.1, -0.05) is 6.92 Å². The Kier molecular flexibility index (Phi) is 3.43. The summed E-state index contributed by atoms with van der Waals surface area (Å²) in [6.07, 6.45) is -0.478. The molecule has 0 aromatic rings. The highest BCUT2D eigenvalue weighted by molar-refractivity contribution is 5.85. The lowest BCUT2D eigenvalue weighted by molar-refractivity contribution is 0.196. The average Bonchev–Trinajstić information content (AvgIpc) is 1.83. The third-order valence-electron chi connectivity index (χ3n) is 0.880. The SMILES string of the molecule is CCC(=N)CNC(=O)O. The number of amides is 1. The van der Waals surface area contributed by atoms with Gasteiger partial charge in [-0.2, -0.15) is 0 Å². The van der Waals surface area contributed by atoms with Crippen molar-refractivity contribution in [3.05, 3.63) is 0 Å². The molecule has 3 N–H and O–H groups in total. The van der Waals surface area contributed by atoms with Gasteiger partial charge in [0.1, 0.15) is 0 Å². The molecular formula is C5H10N2O2. The molecular weight excluding hydrogens is 120 g/mol. The quantitative estimate of drug-likeness (QED) is 0.491. The van der Waals surface area contributed by atoms with Gasteiger partial charge in [0.25, 0.3) is 0 Å². The van der Waals surface area contributed by atoms with Crippen LogP contribution in [0.3, 0.4) is 0 Å². The number of hydrogen-bond donors (Lipinski definition) is 3. The summed E-state index contributed by atoms with van der Waals surface area (Å²) in [5.74, 6) is 0. The summed E-state index contributed by atoms with van der Waals surface area (Å²) in [6, 6.07) is 0. The van der Waals surface area contributed by atoms with E-state index in [1.165, 1.54) is 0 Å². The average molecular weight is 130 g/mol. The summed E-state index contributed by atoms with van der Waals surface area (Å²) in [4.78, 5) is 9.81.